The number of aromatic nitrogens is 1. The number of para-hydroxylation sites is 2. The fourth-order valence-electron chi connectivity index (χ4n) is 7.39. The number of hydrogen-bond donors (Lipinski definition) is 0. The summed E-state index contributed by atoms with van der Waals surface area (Å²) in [6.07, 6.45) is 5.08. The van der Waals surface area contributed by atoms with E-state index in [1.165, 1.54) is 44.1 Å². The van der Waals surface area contributed by atoms with Gasteiger partial charge in [0.2, 0.25) is 0 Å². The van der Waals surface area contributed by atoms with Crippen molar-refractivity contribution in [3.8, 4) is 5.69 Å². The molecule has 0 saturated heterocycles. The van der Waals surface area contributed by atoms with Crippen LogP contribution in [0.4, 0.5) is 0 Å². The maximum atomic E-state index is 5.50. The molecule has 242 valence electrons. The summed E-state index contributed by atoms with van der Waals surface area (Å²) in [5.74, 6) is 0.765. The van der Waals surface area contributed by atoms with Crippen LogP contribution in [0.25, 0.3) is 33.6 Å². The third-order valence-corrected chi connectivity index (χ3v) is 10.2. The Morgan fingerprint density at radius 3 is 1.78 bits per heavy atom. The molecule has 2 aliphatic heterocycles. The zero-order valence-corrected chi connectivity index (χ0v) is 29.4. The van der Waals surface area contributed by atoms with Gasteiger partial charge in [-0.15, -0.1) is 0 Å². The predicted octanol–water partition coefficient (Wildman–Crippen LogP) is 11.5. The van der Waals surface area contributed by atoms with Gasteiger partial charge < -0.3 is 4.57 Å². The highest BCUT2D eigenvalue weighted by atomic mass is 15.0. The number of fused-ring (bicyclic) bond motifs is 4. The van der Waals surface area contributed by atoms with Crippen molar-refractivity contribution in [2.75, 3.05) is 0 Å². The predicted molar refractivity (Wildman–Crippen MR) is 209 cm³/mol. The summed E-state index contributed by atoms with van der Waals surface area (Å²) in [5, 5.41) is 2.49. The topological polar surface area (TPSA) is 29.6 Å². The molecule has 49 heavy (non-hydrogen) atoms. The molecule has 1 aromatic heterocycles. The van der Waals surface area contributed by atoms with Crippen LogP contribution in [0.3, 0.4) is 0 Å². The van der Waals surface area contributed by atoms with Crippen molar-refractivity contribution >= 4 is 39.4 Å². The van der Waals surface area contributed by atoms with Crippen molar-refractivity contribution in [2.45, 2.75) is 64.3 Å². The molecule has 1 unspecified atom stereocenters. The van der Waals surface area contributed by atoms with Gasteiger partial charge in [0.25, 0.3) is 0 Å². The molecule has 3 aliphatic rings. The molecule has 0 saturated carbocycles. The number of rotatable bonds is 5. The second kappa shape index (κ2) is 11.1. The van der Waals surface area contributed by atoms with E-state index >= 15 is 0 Å². The second-order valence-corrected chi connectivity index (χ2v) is 15.7. The van der Waals surface area contributed by atoms with Gasteiger partial charge in [-0.3, -0.25) is 0 Å². The van der Waals surface area contributed by atoms with Crippen molar-refractivity contribution < 1.29 is 0 Å². The molecule has 0 radical (unpaired) electrons. The number of benzene rings is 5. The molecule has 3 heteroatoms. The van der Waals surface area contributed by atoms with Crippen LogP contribution in [0, 0.1) is 0 Å². The van der Waals surface area contributed by atoms with Crippen LogP contribution >= 0.6 is 0 Å². The first-order valence-electron chi connectivity index (χ1n) is 17.3. The van der Waals surface area contributed by atoms with E-state index in [2.05, 4.69) is 174 Å². The van der Waals surface area contributed by atoms with E-state index in [4.69, 9.17) is 9.98 Å². The van der Waals surface area contributed by atoms with Crippen molar-refractivity contribution in [1.29, 1.82) is 0 Å². The van der Waals surface area contributed by atoms with E-state index in [9.17, 15) is 0 Å². The van der Waals surface area contributed by atoms with Crippen LogP contribution in [0.2, 0.25) is 0 Å². The van der Waals surface area contributed by atoms with Crippen molar-refractivity contribution in [2.24, 2.45) is 9.98 Å². The van der Waals surface area contributed by atoms with Crippen molar-refractivity contribution in [3.63, 3.8) is 0 Å². The number of amidine groups is 1. The van der Waals surface area contributed by atoms with Gasteiger partial charge in [0, 0.05) is 34.0 Å². The summed E-state index contributed by atoms with van der Waals surface area (Å²) in [6, 6.07) is 41.9. The summed E-state index contributed by atoms with van der Waals surface area (Å²) >= 11 is 0. The molecule has 1 atom stereocenters. The molecule has 0 amide bonds. The maximum absolute atomic E-state index is 5.50. The fraction of sp³-hybridized carbons (Fsp3) is 0.217. The Bertz CT molecular complexity index is 2310. The summed E-state index contributed by atoms with van der Waals surface area (Å²) in [5.41, 5.74) is 12.3. The Labute approximate surface area is 290 Å². The average molecular weight is 638 g/mol. The first-order chi connectivity index (χ1) is 23.4. The van der Waals surface area contributed by atoms with Gasteiger partial charge in [0.1, 0.15) is 5.54 Å². The molecule has 6 aromatic rings. The molecule has 3 heterocycles. The number of aliphatic imine (C=N–C) groups is 2. The Balaban J connectivity index is 1.31. The van der Waals surface area contributed by atoms with Gasteiger partial charge >= 0.3 is 0 Å². The van der Waals surface area contributed by atoms with Gasteiger partial charge in [0.15, 0.2) is 5.84 Å². The molecule has 0 spiro atoms. The first-order valence-corrected chi connectivity index (χ1v) is 17.3. The molecule has 9 rings (SSSR count). The summed E-state index contributed by atoms with van der Waals surface area (Å²) in [6.45, 7) is 17.7. The number of hydrogen-bond acceptors (Lipinski definition) is 2. The lowest BCUT2D eigenvalue weighted by molar-refractivity contribution is 0.514. The van der Waals surface area contributed by atoms with Gasteiger partial charge in [-0.2, -0.15) is 0 Å². The molecular formula is C46H43N3. The summed E-state index contributed by atoms with van der Waals surface area (Å²) < 4.78 is 2.37. The standard InChI is InChI=1S/C46H43N3/c1-8-30-25-32(27-37(26-30)49-40-15-11-9-13-38(40)39-14-10-12-16-41(39)49)42-33-28-46(29-33,36-23-21-35(22-24-36)45(5,6)7)48-43(47-42)31-17-19-34(20-18-31)44(2,3)4/h8-28H,1,29H2,2-7H3. The lowest BCUT2D eigenvalue weighted by Gasteiger charge is -2.36. The third-order valence-electron chi connectivity index (χ3n) is 10.2. The molecule has 5 aromatic carbocycles. The Morgan fingerprint density at radius 2 is 1.22 bits per heavy atom. The van der Waals surface area contributed by atoms with Gasteiger partial charge in [-0.1, -0.05) is 139 Å². The Morgan fingerprint density at radius 1 is 0.673 bits per heavy atom. The van der Waals surface area contributed by atoms with E-state index in [1.807, 2.05) is 6.08 Å². The highest BCUT2D eigenvalue weighted by Crippen LogP contribution is 2.47. The minimum absolute atomic E-state index is 0.0633. The van der Waals surface area contributed by atoms with Crippen LogP contribution in [-0.4, -0.2) is 16.1 Å². The monoisotopic (exact) mass is 637 g/mol. The van der Waals surface area contributed by atoms with Gasteiger partial charge in [-0.05, 0) is 75.1 Å². The molecule has 0 fully saturated rings. The third kappa shape index (κ3) is 5.29. The Hall–Kier alpha value is -5.28. The van der Waals surface area contributed by atoms with Crippen LogP contribution in [-0.2, 0) is 16.4 Å². The van der Waals surface area contributed by atoms with E-state index in [0.29, 0.717) is 0 Å². The second-order valence-electron chi connectivity index (χ2n) is 15.7. The summed E-state index contributed by atoms with van der Waals surface area (Å²) in [4.78, 5) is 10.9. The molecule has 1 aliphatic carbocycles. The molecule has 3 nitrogen and oxygen atoms in total. The summed E-state index contributed by atoms with van der Waals surface area (Å²) in [7, 11) is 0. The zero-order chi connectivity index (χ0) is 34.1. The minimum atomic E-state index is -0.458. The molecular weight excluding hydrogens is 595 g/mol. The lowest BCUT2D eigenvalue weighted by atomic mass is 9.71. The molecule has 0 N–H and O–H groups in total. The van der Waals surface area contributed by atoms with Crippen LogP contribution in [0.5, 0.6) is 0 Å². The van der Waals surface area contributed by atoms with E-state index in [-0.39, 0.29) is 10.8 Å². The van der Waals surface area contributed by atoms with E-state index < -0.39 is 5.54 Å². The largest absolute Gasteiger partial charge is 0.309 e. The zero-order valence-electron chi connectivity index (χ0n) is 29.4. The fourth-order valence-corrected chi connectivity index (χ4v) is 7.39. The highest BCUT2D eigenvalue weighted by molar-refractivity contribution is 6.22. The van der Waals surface area contributed by atoms with Crippen LogP contribution < -0.4 is 0 Å². The van der Waals surface area contributed by atoms with Crippen molar-refractivity contribution in [3.05, 3.63) is 167 Å². The first kappa shape index (κ1) is 31.0. The van der Waals surface area contributed by atoms with Crippen LogP contribution in [0.15, 0.2) is 143 Å². The quantitative estimate of drug-likeness (QED) is 0.180. The SMILES string of the molecule is C=Cc1cc(C2=NC(c3ccc(C(C)(C)C)cc3)=NC3(c4ccc(C(C)(C)C)cc4)C=C2C3)cc(-n2c3ccccc3c3ccccc32)c1. The lowest BCUT2D eigenvalue weighted by Crippen LogP contribution is -2.32. The van der Waals surface area contributed by atoms with E-state index in [1.54, 1.807) is 0 Å². The molecule has 2 bridgehead atoms. The minimum Gasteiger partial charge on any atom is -0.309 e. The number of nitrogens with zero attached hydrogens (tertiary/aromatic N) is 3. The Kier molecular flexibility index (Phi) is 7.05. The maximum Gasteiger partial charge on any atom is 0.156 e. The van der Waals surface area contributed by atoms with Gasteiger partial charge in [0.05, 0.1) is 16.7 Å². The van der Waals surface area contributed by atoms with Crippen molar-refractivity contribution in [1.82, 2.24) is 4.57 Å². The van der Waals surface area contributed by atoms with Gasteiger partial charge in [-0.25, -0.2) is 9.98 Å². The van der Waals surface area contributed by atoms with Crippen LogP contribution in [0.1, 0.15) is 81.3 Å². The normalized spacial score (nSPS) is 17.6. The smallest absolute Gasteiger partial charge is 0.156 e. The van der Waals surface area contributed by atoms with E-state index in [0.717, 1.165) is 40.3 Å². The average Bonchev–Trinajstić information content (AvgIpc) is 3.18. The highest BCUT2D eigenvalue weighted by Gasteiger charge is 2.43.